The van der Waals surface area contributed by atoms with Crippen LogP contribution in [-0.4, -0.2) is 306 Å². The number of amides is 2. The van der Waals surface area contributed by atoms with E-state index in [0.717, 1.165) is 58.3 Å². The van der Waals surface area contributed by atoms with E-state index in [4.69, 9.17) is 47.4 Å². The fourth-order valence-electron chi connectivity index (χ4n) is 13.4. The molecule has 103 heavy (non-hydrogen) atoms. The van der Waals surface area contributed by atoms with Gasteiger partial charge < -0.3 is 135 Å². The zero-order valence-electron chi connectivity index (χ0n) is 59.7. The molecule has 5 fully saturated rings. The first-order chi connectivity index (χ1) is 49.2. The van der Waals surface area contributed by atoms with Crippen LogP contribution < -0.4 is 10.6 Å². The Labute approximate surface area is 603 Å². The minimum Gasteiger partial charge on any atom is -0.479 e. The van der Waals surface area contributed by atoms with E-state index in [1.807, 2.05) is 6.08 Å². The number of hydrogen-bond donors (Lipinski definition) is 18. The summed E-state index contributed by atoms with van der Waals surface area (Å²) >= 11 is 0. The van der Waals surface area contributed by atoms with Crippen molar-refractivity contribution in [3.63, 3.8) is 0 Å². The molecule has 2 amide bonds. The number of ether oxygens (including phenoxy) is 10. The van der Waals surface area contributed by atoms with Gasteiger partial charge in [0.05, 0.1) is 45.2 Å². The van der Waals surface area contributed by atoms with Crippen LogP contribution in [0.4, 0.5) is 0 Å². The highest BCUT2D eigenvalue weighted by molar-refractivity contribution is 7.80. The third-order valence-corrected chi connectivity index (χ3v) is 19.9. The number of carbonyl (C=O) groups excluding carboxylic acids is 2. The molecule has 0 aromatic carbocycles. The molecule has 0 aliphatic carbocycles. The molecule has 27 atom stereocenters. The van der Waals surface area contributed by atoms with Gasteiger partial charge in [0.15, 0.2) is 37.6 Å². The number of aliphatic hydroxyl groups excluding tert-OH is 14. The van der Waals surface area contributed by atoms with Crippen molar-refractivity contribution >= 4 is 28.2 Å². The van der Waals surface area contributed by atoms with Crippen molar-refractivity contribution < 1.29 is 156 Å². The summed E-state index contributed by atoms with van der Waals surface area (Å²) in [5.41, 5.74) is 0. The first kappa shape index (κ1) is 90.7. The highest BCUT2D eigenvalue weighted by Crippen LogP contribution is 2.37. The van der Waals surface area contributed by atoms with Gasteiger partial charge in [0.25, 0.3) is 0 Å². The summed E-state index contributed by atoms with van der Waals surface area (Å²) in [5.74, 6) is -3.21. The largest absolute Gasteiger partial charge is 0.479 e. The molecule has 0 spiro atoms. The van der Waals surface area contributed by atoms with Gasteiger partial charge in [-0.05, 0) is 19.3 Å². The summed E-state index contributed by atoms with van der Waals surface area (Å²) in [7, 11) is -5.52. The standard InChI is InChI=1S/C68H122N2O32S/c1-4-6-8-10-12-14-16-18-19-21-23-25-27-29-31-33-46(77)70-40(41(76)32-30-28-26-24-22-20-17-15-13-11-9-7-5-2)38-92-65-52(82)51(81)58(45(37-74)96-65)98-67-54(84)59(48(78)42(34-71)94-67)99-64-47(69-39(3)75)50(80)57(44(36-73)95-64)97-66-55(85)60(49(79)43(35-72)93-66)100-68-56(86)61(102-103(89,90)91)53(83)62(101-68)63(87)88/h30,32,40-45,47-62,64-68,71-74,76,78-86H,4-29,31,33-38H2,1-3H3,(H,69,75)(H,70,77)(H,87,88)(H,89,90,91)/b32-30+/t40-,41+,42+,43+,44+,45+,47+,48-,49-,50+,51+,52+,53-,54+,55+,56+,57+,58+,59-,60-,61-,62-,64-,65+,66-,67-,68+/m0/s1. The van der Waals surface area contributed by atoms with Crippen molar-refractivity contribution in [3.05, 3.63) is 12.2 Å². The molecular formula is C68H122N2O32S. The molecule has 0 saturated carbocycles. The van der Waals surface area contributed by atoms with E-state index in [1.54, 1.807) is 6.08 Å². The minimum absolute atomic E-state index is 0.173. The molecule has 0 unspecified atom stereocenters. The fraction of sp³-hybridized carbons (Fsp3) is 0.926. The van der Waals surface area contributed by atoms with Gasteiger partial charge >= 0.3 is 16.4 Å². The van der Waals surface area contributed by atoms with Crippen LogP contribution in [0.2, 0.25) is 0 Å². The number of nitrogens with one attached hydrogen (secondary N) is 2. The predicted molar refractivity (Wildman–Crippen MR) is 361 cm³/mol. The normalized spacial score (nSPS) is 35.1. The Balaban J connectivity index is 1.23. The lowest BCUT2D eigenvalue weighted by molar-refractivity contribution is -0.386. The highest BCUT2D eigenvalue weighted by atomic mass is 32.3. The quantitative estimate of drug-likeness (QED) is 0.0208. The zero-order chi connectivity index (χ0) is 75.8. The van der Waals surface area contributed by atoms with Gasteiger partial charge in [0.2, 0.25) is 11.8 Å². The molecule has 0 bridgehead atoms. The number of carbonyl (C=O) groups is 3. The lowest BCUT2D eigenvalue weighted by Crippen LogP contribution is -2.70. The average molecular weight is 1510 g/mol. The van der Waals surface area contributed by atoms with E-state index >= 15 is 0 Å². The van der Waals surface area contributed by atoms with Crippen LogP contribution in [0.25, 0.3) is 0 Å². The number of carboxylic acid groups (broad SMARTS) is 1. The Hall–Kier alpha value is -2.94. The van der Waals surface area contributed by atoms with Crippen LogP contribution >= 0.6 is 0 Å². The Morgan fingerprint density at radius 1 is 0.456 bits per heavy atom. The first-order valence-electron chi connectivity index (χ1n) is 37.1. The number of allylic oxidation sites excluding steroid dienone is 1. The molecular weight excluding hydrogens is 1390 g/mol. The topological polar surface area (TPSA) is 535 Å². The lowest BCUT2D eigenvalue weighted by atomic mass is 9.94. The van der Waals surface area contributed by atoms with E-state index in [0.29, 0.717) is 12.8 Å². The molecule has 602 valence electrons. The number of unbranched alkanes of at least 4 members (excludes halogenated alkanes) is 25. The molecule has 5 aliphatic rings. The first-order valence-corrected chi connectivity index (χ1v) is 38.5. The SMILES string of the molecule is CCCCCCCCCCCCC/C=C/[C@@H](O)[C@H](CO[C@@H]1O[C@H](CO)[C@@H](O[C@@H]2O[C@H](CO)[C@H](O)[C@H](O[C@@H]3O[C@H](CO)[C@@H](O[C@@H]4O[C@H](CO)[C@H](O)[C@H](O[C@@H]5O[C@H](C(=O)O)[C@@H](O)[C@H](OS(=O)(=O)O)[C@H]5O)[C@H]4O)[C@H](O)[C@H]3NC(C)=O)[C@H]2O)[C@H](O)[C@H]1O)NC(=O)CCCCCCCCCCCCCCCCC. The molecule has 5 aliphatic heterocycles. The third-order valence-electron chi connectivity index (χ3n) is 19.4. The maximum atomic E-state index is 13.5. The van der Waals surface area contributed by atoms with Crippen molar-refractivity contribution in [1.82, 2.24) is 10.6 Å². The Bertz CT molecular complexity index is 2500. The fourth-order valence-corrected chi connectivity index (χ4v) is 13.9. The van der Waals surface area contributed by atoms with E-state index in [-0.39, 0.29) is 12.3 Å². The summed E-state index contributed by atoms with van der Waals surface area (Å²) in [6.45, 7) is 0.774. The molecule has 0 aromatic heterocycles. The van der Waals surface area contributed by atoms with E-state index in [2.05, 4.69) is 28.7 Å². The molecule has 5 heterocycles. The van der Waals surface area contributed by atoms with Crippen molar-refractivity contribution in [2.24, 2.45) is 0 Å². The number of aliphatic carboxylic acids is 1. The molecule has 5 saturated heterocycles. The Kier molecular flexibility index (Phi) is 42.1. The maximum absolute atomic E-state index is 13.5. The van der Waals surface area contributed by atoms with E-state index in [1.165, 1.54) is 109 Å². The van der Waals surface area contributed by atoms with Gasteiger partial charge in [-0.3, -0.25) is 14.1 Å². The molecule has 5 rings (SSSR count). The number of rotatable bonds is 50. The van der Waals surface area contributed by atoms with Crippen LogP contribution in [0.1, 0.15) is 201 Å². The van der Waals surface area contributed by atoms with Gasteiger partial charge in [-0.2, -0.15) is 8.42 Å². The molecule has 0 radical (unpaired) electrons. The maximum Gasteiger partial charge on any atom is 0.397 e. The van der Waals surface area contributed by atoms with Crippen LogP contribution in [0.3, 0.4) is 0 Å². The molecule has 0 aromatic rings. The second-order valence-corrected chi connectivity index (χ2v) is 28.7. The van der Waals surface area contributed by atoms with Gasteiger partial charge in [-0.1, -0.05) is 180 Å². The van der Waals surface area contributed by atoms with Gasteiger partial charge in [0, 0.05) is 13.3 Å². The highest BCUT2D eigenvalue weighted by Gasteiger charge is 2.58. The summed E-state index contributed by atoms with van der Waals surface area (Å²) in [4.78, 5) is 38.3. The van der Waals surface area contributed by atoms with E-state index in [9.17, 15) is 104 Å². The monoisotopic (exact) mass is 1510 g/mol. The summed E-state index contributed by atoms with van der Waals surface area (Å²) in [6.07, 6.45) is -17.1. The predicted octanol–water partition coefficient (Wildman–Crippen LogP) is -0.473. The second kappa shape index (κ2) is 47.9. The van der Waals surface area contributed by atoms with Crippen LogP contribution in [0.5, 0.6) is 0 Å². The van der Waals surface area contributed by atoms with Crippen LogP contribution in [0, 0.1) is 0 Å². The van der Waals surface area contributed by atoms with Crippen molar-refractivity contribution in [1.29, 1.82) is 0 Å². The van der Waals surface area contributed by atoms with Crippen molar-refractivity contribution in [3.8, 4) is 0 Å². The Morgan fingerprint density at radius 2 is 0.845 bits per heavy atom. The van der Waals surface area contributed by atoms with Gasteiger partial charge in [-0.15, -0.1) is 0 Å². The summed E-state index contributed by atoms with van der Waals surface area (Å²) in [6, 6.07) is -2.94. The van der Waals surface area contributed by atoms with Crippen LogP contribution in [-0.2, 0) is 76.3 Å². The van der Waals surface area contributed by atoms with Crippen LogP contribution in [0.15, 0.2) is 12.2 Å². The minimum atomic E-state index is -5.52. The lowest BCUT2D eigenvalue weighted by Gasteiger charge is -2.50. The van der Waals surface area contributed by atoms with Crippen molar-refractivity contribution in [2.75, 3.05) is 33.0 Å². The number of aliphatic hydroxyl groups is 14. The summed E-state index contributed by atoms with van der Waals surface area (Å²) < 4.78 is 94.4. The molecule has 35 heteroatoms. The van der Waals surface area contributed by atoms with Gasteiger partial charge in [0.1, 0.15) is 116 Å². The third kappa shape index (κ3) is 29.1. The second-order valence-electron chi connectivity index (χ2n) is 27.6. The summed E-state index contributed by atoms with van der Waals surface area (Å²) in [5, 5.41) is 171. The molecule has 34 nitrogen and oxygen atoms in total. The van der Waals surface area contributed by atoms with Gasteiger partial charge in [-0.25, -0.2) is 8.98 Å². The molecule has 18 N–H and O–H groups in total. The average Bonchev–Trinajstić information content (AvgIpc) is 0.774. The van der Waals surface area contributed by atoms with Crippen molar-refractivity contribution in [2.45, 2.75) is 366 Å². The smallest absolute Gasteiger partial charge is 0.397 e. The van der Waals surface area contributed by atoms with E-state index < -0.39 is 221 Å². The zero-order valence-corrected chi connectivity index (χ0v) is 60.5. The Morgan fingerprint density at radius 3 is 1.28 bits per heavy atom. The number of hydrogen-bond acceptors (Lipinski definition) is 30. The number of carboxylic acids is 1.